The number of carbonyl (C=O) groups is 1. The molecular formula is C21H25F3N4O2S2. The fraction of sp³-hybridized carbons (Fsp3) is 0.524. The van der Waals surface area contributed by atoms with Gasteiger partial charge in [0.2, 0.25) is 5.91 Å². The van der Waals surface area contributed by atoms with E-state index in [0.29, 0.717) is 49.8 Å². The standard InChI is InChI=1S/C21H25F3N4O2S2/c1-14-11-26-19(31-14)17-13-27(18-4-3-16(12-25-18)21(22,23)24)7-8-28(17)20(29)15-5-9-32(2,30)10-6-15/h3-4,11-12,15,17H,2,5-10,13H2,1H3. The summed E-state index contributed by atoms with van der Waals surface area (Å²) in [6.07, 6.45) is -0.712. The molecule has 4 rings (SSSR count). The molecule has 0 bridgehead atoms. The van der Waals surface area contributed by atoms with Crippen molar-refractivity contribution in [3.63, 3.8) is 0 Å². The molecule has 0 aromatic carbocycles. The minimum atomic E-state index is -4.44. The van der Waals surface area contributed by atoms with Gasteiger partial charge in [0.25, 0.3) is 0 Å². The van der Waals surface area contributed by atoms with Crippen molar-refractivity contribution in [2.45, 2.75) is 32.0 Å². The number of hydrogen-bond acceptors (Lipinski definition) is 6. The Morgan fingerprint density at radius 3 is 2.47 bits per heavy atom. The molecule has 0 aliphatic carbocycles. The summed E-state index contributed by atoms with van der Waals surface area (Å²) >= 11 is 1.51. The van der Waals surface area contributed by atoms with Gasteiger partial charge in [0.15, 0.2) is 0 Å². The lowest BCUT2D eigenvalue weighted by atomic mass is 9.99. The molecular weight excluding hydrogens is 461 g/mol. The third kappa shape index (κ3) is 4.93. The van der Waals surface area contributed by atoms with Crippen molar-refractivity contribution in [3.8, 4) is 0 Å². The smallest absolute Gasteiger partial charge is 0.352 e. The fourth-order valence-corrected chi connectivity index (χ4v) is 6.69. The molecule has 174 valence electrons. The van der Waals surface area contributed by atoms with Crippen LogP contribution in [0, 0.1) is 12.8 Å². The maximum atomic E-state index is 13.4. The maximum Gasteiger partial charge on any atom is 0.417 e. The number of pyridine rings is 1. The minimum Gasteiger partial charge on any atom is -0.352 e. The van der Waals surface area contributed by atoms with E-state index in [1.807, 2.05) is 16.7 Å². The summed E-state index contributed by atoms with van der Waals surface area (Å²) in [5, 5.41) is 0.796. The molecule has 32 heavy (non-hydrogen) atoms. The minimum absolute atomic E-state index is 0.0257. The molecule has 2 aromatic heterocycles. The lowest BCUT2D eigenvalue weighted by molar-refractivity contribution is -0.139. The van der Waals surface area contributed by atoms with Crippen LogP contribution in [0.5, 0.6) is 0 Å². The van der Waals surface area contributed by atoms with E-state index in [4.69, 9.17) is 0 Å². The van der Waals surface area contributed by atoms with Crippen LogP contribution in [-0.4, -0.2) is 62.0 Å². The fourth-order valence-electron chi connectivity index (χ4n) is 4.18. The molecule has 1 unspecified atom stereocenters. The van der Waals surface area contributed by atoms with Crippen molar-refractivity contribution in [1.82, 2.24) is 14.9 Å². The number of nitrogens with zero attached hydrogens (tertiary/aromatic N) is 4. The normalized spacial score (nSPS) is 26.9. The predicted molar refractivity (Wildman–Crippen MR) is 120 cm³/mol. The molecule has 2 fully saturated rings. The van der Waals surface area contributed by atoms with E-state index in [1.54, 1.807) is 6.20 Å². The summed E-state index contributed by atoms with van der Waals surface area (Å²) in [6, 6.07) is 2.09. The number of rotatable bonds is 3. The van der Waals surface area contributed by atoms with Gasteiger partial charge in [-0.1, -0.05) is 0 Å². The van der Waals surface area contributed by atoms with E-state index in [1.165, 1.54) is 17.4 Å². The van der Waals surface area contributed by atoms with Gasteiger partial charge in [-0.2, -0.15) is 13.2 Å². The van der Waals surface area contributed by atoms with Gasteiger partial charge in [-0.3, -0.25) is 9.00 Å². The lowest BCUT2D eigenvalue weighted by Crippen LogP contribution is -2.53. The second-order valence-corrected chi connectivity index (χ2v) is 12.4. The highest BCUT2D eigenvalue weighted by atomic mass is 32.2. The summed E-state index contributed by atoms with van der Waals surface area (Å²) in [5.41, 5.74) is -0.790. The Kier molecular flexibility index (Phi) is 6.23. The van der Waals surface area contributed by atoms with Crippen LogP contribution in [0.15, 0.2) is 24.5 Å². The molecule has 4 heterocycles. The molecule has 11 heteroatoms. The van der Waals surface area contributed by atoms with Crippen LogP contribution in [0.1, 0.15) is 34.3 Å². The first-order chi connectivity index (χ1) is 15.0. The summed E-state index contributed by atoms with van der Waals surface area (Å²) in [6.45, 7) is 3.22. The number of halogens is 3. The van der Waals surface area contributed by atoms with Crippen LogP contribution in [0.25, 0.3) is 0 Å². The van der Waals surface area contributed by atoms with E-state index in [2.05, 4.69) is 15.8 Å². The number of piperazine rings is 1. The molecule has 0 spiro atoms. The van der Waals surface area contributed by atoms with E-state index in [-0.39, 0.29) is 17.9 Å². The number of aryl methyl sites for hydroxylation is 1. The molecule has 2 aliphatic rings. The number of alkyl halides is 3. The van der Waals surface area contributed by atoms with Crippen LogP contribution in [0.3, 0.4) is 0 Å². The Morgan fingerprint density at radius 1 is 1.19 bits per heavy atom. The topological polar surface area (TPSA) is 66.4 Å². The highest BCUT2D eigenvalue weighted by Gasteiger charge is 2.38. The zero-order chi connectivity index (χ0) is 23.1. The van der Waals surface area contributed by atoms with Crippen LogP contribution in [0.4, 0.5) is 19.0 Å². The van der Waals surface area contributed by atoms with Crippen molar-refractivity contribution < 1.29 is 22.2 Å². The van der Waals surface area contributed by atoms with Gasteiger partial charge in [0, 0.05) is 54.3 Å². The zero-order valence-electron chi connectivity index (χ0n) is 17.7. The molecule has 6 nitrogen and oxygen atoms in total. The average molecular weight is 487 g/mol. The third-order valence-corrected chi connectivity index (χ3v) is 8.99. The van der Waals surface area contributed by atoms with Gasteiger partial charge in [0.05, 0.1) is 5.56 Å². The number of carbonyl (C=O) groups excluding carboxylic acids is 1. The SMILES string of the molecule is C=S1(=O)CCC(C(=O)N2CCN(c3ccc(C(F)(F)F)cn3)CC2c2ncc(C)s2)CC1. The predicted octanol–water partition coefficient (Wildman–Crippen LogP) is 3.38. The number of aromatic nitrogens is 2. The maximum absolute atomic E-state index is 13.4. The number of amides is 1. The number of thiazole rings is 1. The lowest BCUT2D eigenvalue weighted by Gasteiger charge is -2.43. The largest absolute Gasteiger partial charge is 0.417 e. The van der Waals surface area contributed by atoms with E-state index in [0.717, 1.165) is 22.1 Å². The monoisotopic (exact) mass is 486 g/mol. The van der Waals surface area contributed by atoms with Gasteiger partial charge < -0.3 is 9.80 Å². The van der Waals surface area contributed by atoms with Crippen molar-refractivity contribution >= 4 is 38.5 Å². The molecule has 1 amide bonds. The molecule has 2 aliphatic heterocycles. The van der Waals surface area contributed by atoms with Gasteiger partial charge in [-0.05, 0) is 47.3 Å². The highest BCUT2D eigenvalue weighted by Crippen LogP contribution is 2.34. The highest BCUT2D eigenvalue weighted by molar-refractivity contribution is 8.00. The molecule has 2 saturated heterocycles. The average Bonchev–Trinajstić information content (AvgIpc) is 3.18. The molecule has 0 N–H and O–H groups in total. The Balaban J connectivity index is 1.55. The molecule has 2 aromatic rings. The van der Waals surface area contributed by atoms with Gasteiger partial charge >= 0.3 is 6.18 Å². The Morgan fingerprint density at radius 2 is 1.91 bits per heavy atom. The second kappa shape index (κ2) is 8.66. The van der Waals surface area contributed by atoms with Crippen molar-refractivity contribution in [2.75, 3.05) is 36.0 Å². The third-order valence-electron chi connectivity index (χ3n) is 6.01. The van der Waals surface area contributed by atoms with Gasteiger partial charge in [0.1, 0.15) is 16.9 Å². The van der Waals surface area contributed by atoms with Crippen molar-refractivity contribution in [2.24, 2.45) is 5.92 Å². The Labute approximate surface area is 189 Å². The Hall–Kier alpha value is -2.14. The van der Waals surface area contributed by atoms with Crippen molar-refractivity contribution in [3.05, 3.63) is 40.0 Å². The Bertz CT molecular complexity index is 1070. The number of anilines is 1. The first kappa shape index (κ1) is 23.0. The second-order valence-electron chi connectivity index (χ2n) is 8.35. The zero-order valence-corrected chi connectivity index (χ0v) is 19.3. The van der Waals surface area contributed by atoms with Gasteiger partial charge in [-0.15, -0.1) is 11.3 Å². The first-order valence-electron chi connectivity index (χ1n) is 10.4. The van der Waals surface area contributed by atoms with Crippen LogP contribution in [0.2, 0.25) is 0 Å². The van der Waals surface area contributed by atoms with E-state index >= 15 is 0 Å². The van der Waals surface area contributed by atoms with E-state index in [9.17, 15) is 22.2 Å². The van der Waals surface area contributed by atoms with Crippen molar-refractivity contribution in [1.29, 1.82) is 0 Å². The molecule has 1 atom stereocenters. The van der Waals surface area contributed by atoms with Gasteiger partial charge in [-0.25, -0.2) is 9.97 Å². The summed E-state index contributed by atoms with van der Waals surface area (Å²) in [4.78, 5) is 26.6. The van der Waals surface area contributed by atoms with E-state index < -0.39 is 21.3 Å². The summed E-state index contributed by atoms with van der Waals surface area (Å²) in [7, 11) is -2.08. The summed E-state index contributed by atoms with van der Waals surface area (Å²) < 4.78 is 50.9. The summed E-state index contributed by atoms with van der Waals surface area (Å²) in [5.74, 6) is 4.97. The molecule has 0 radical (unpaired) electrons. The van der Waals surface area contributed by atoms with Crippen LogP contribution < -0.4 is 4.90 Å². The quantitative estimate of drug-likeness (QED) is 0.623. The van der Waals surface area contributed by atoms with Crippen LogP contribution in [-0.2, 0) is 20.5 Å². The first-order valence-corrected chi connectivity index (χ1v) is 13.3. The van der Waals surface area contributed by atoms with Crippen LogP contribution >= 0.6 is 11.3 Å². The number of hydrogen-bond donors (Lipinski definition) is 0. The molecule has 0 saturated carbocycles.